The molecule has 0 spiro atoms. The molecular formula is C26H20N+. The van der Waals surface area contributed by atoms with Crippen LogP contribution in [-0.2, 0) is 6.54 Å². The third-order valence-corrected chi connectivity index (χ3v) is 5.27. The van der Waals surface area contributed by atoms with Gasteiger partial charge in [-0.25, -0.2) is 4.57 Å². The first-order valence-electron chi connectivity index (χ1n) is 9.28. The fourth-order valence-electron chi connectivity index (χ4n) is 3.94. The van der Waals surface area contributed by atoms with Gasteiger partial charge in [0.25, 0.3) is 0 Å². The Balaban J connectivity index is 1.63. The van der Waals surface area contributed by atoms with Gasteiger partial charge in [-0.15, -0.1) is 0 Å². The Morgan fingerprint density at radius 1 is 0.704 bits per heavy atom. The minimum atomic E-state index is 0.832. The lowest BCUT2D eigenvalue weighted by Crippen LogP contribution is -2.31. The summed E-state index contributed by atoms with van der Waals surface area (Å²) in [5.74, 6) is 0. The van der Waals surface area contributed by atoms with Crippen molar-refractivity contribution >= 4 is 44.5 Å². The summed E-state index contributed by atoms with van der Waals surface area (Å²) in [7, 11) is 0. The smallest absolute Gasteiger partial charge is 0.169 e. The van der Waals surface area contributed by atoms with Crippen LogP contribution in [0.4, 0.5) is 0 Å². The van der Waals surface area contributed by atoms with Crippen LogP contribution in [-0.4, -0.2) is 0 Å². The molecule has 0 fully saturated rings. The standard InChI is InChI=1S/C26H20N/c1-2-16-27-17-14-19(15-18-27)6-7-20-8-9-23-11-10-21-4-3-5-22-12-13-24(20)26(23)25(21)22/h2-15,17-18H,1,16H2/q+1/b7-6+. The molecule has 0 amide bonds. The fourth-order valence-corrected chi connectivity index (χ4v) is 3.94. The number of pyridine rings is 1. The van der Waals surface area contributed by atoms with Crippen molar-refractivity contribution < 1.29 is 4.57 Å². The molecule has 1 heteroatoms. The lowest BCUT2D eigenvalue weighted by Gasteiger charge is -2.12. The fraction of sp³-hybridized carbons (Fsp3) is 0.0385. The highest BCUT2D eigenvalue weighted by Gasteiger charge is 2.09. The first-order chi connectivity index (χ1) is 13.3. The largest absolute Gasteiger partial charge is 0.201 e. The normalized spacial score (nSPS) is 11.9. The predicted molar refractivity (Wildman–Crippen MR) is 116 cm³/mol. The van der Waals surface area contributed by atoms with E-state index in [-0.39, 0.29) is 0 Å². The van der Waals surface area contributed by atoms with Gasteiger partial charge in [0.05, 0.1) is 0 Å². The van der Waals surface area contributed by atoms with Crippen molar-refractivity contribution in [3.8, 4) is 0 Å². The zero-order valence-corrected chi connectivity index (χ0v) is 15.1. The highest BCUT2D eigenvalue weighted by molar-refractivity contribution is 6.24. The van der Waals surface area contributed by atoms with Crippen LogP contribution in [0.5, 0.6) is 0 Å². The van der Waals surface area contributed by atoms with Gasteiger partial charge in [0.2, 0.25) is 0 Å². The van der Waals surface area contributed by atoms with Crippen molar-refractivity contribution in [2.24, 2.45) is 0 Å². The van der Waals surface area contributed by atoms with E-state index in [1.165, 1.54) is 43.4 Å². The molecule has 1 heterocycles. The van der Waals surface area contributed by atoms with Crippen LogP contribution in [0.25, 0.3) is 44.5 Å². The van der Waals surface area contributed by atoms with E-state index >= 15 is 0 Å². The van der Waals surface area contributed by atoms with E-state index in [9.17, 15) is 0 Å². The van der Waals surface area contributed by atoms with Crippen LogP contribution < -0.4 is 4.57 Å². The molecule has 0 bridgehead atoms. The summed E-state index contributed by atoms with van der Waals surface area (Å²) in [6.45, 7) is 4.62. The molecule has 0 aliphatic carbocycles. The zero-order chi connectivity index (χ0) is 18.2. The molecule has 0 radical (unpaired) electrons. The number of benzene rings is 4. The number of nitrogens with zero attached hydrogens (tertiary/aromatic N) is 1. The van der Waals surface area contributed by atoms with E-state index in [1.807, 2.05) is 6.08 Å². The van der Waals surface area contributed by atoms with E-state index in [1.54, 1.807) is 0 Å². The highest BCUT2D eigenvalue weighted by atomic mass is 14.9. The number of allylic oxidation sites excluding steroid dienone is 1. The topological polar surface area (TPSA) is 3.88 Å². The molecule has 0 atom stereocenters. The van der Waals surface area contributed by atoms with Crippen LogP contribution in [0.3, 0.4) is 0 Å². The minimum absolute atomic E-state index is 0.832. The molecular weight excluding hydrogens is 326 g/mol. The summed E-state index contributed by atoms with van der Waals surface area (Å²) in [6.07, 6.45) is 10.5. The molecule has 0 saturated carbocycles. The minimum Gasteiger partial charge on any atom is -0.201 e. The van der Waals surface area contributed by atoms with Gasteiger partial charge in [-0.2, -0.15) is 0 Å². The van der Waals surface area contributed by atoms with Gasteiger partial charge in [0.15, 0.2) is 18.9 Å². The third-order valence-electron chi connectivity index (χ3n) is 5.27. The SMILES string of the molecule is C=CC[n+]1ccc(/C=C/c2ccc3ccc4cccc5ccc2c3c45)cc1. The zero-order valence-electron chi connectivity index (χ0n) is 15.1. The quantitative estimate of drug-likeness (QED) is 0.206. The van der Waals surface area contributed by atoms with Gasteiger partial charge in [0, 0.05) is 12.1 Å². The molecule has 1 aromatic heterocycles. The molecule has 0 saturated heterocycles. The van der Waals surface area contributed by atoms with Crippen molar-refractivity contribution in [2.75, 3.05) is 0 Å². The molecule has 1 nitrogen and oxygen atoms in total. The summed E-state index contributed by atoms with van der Waals surface area (Å²) in [6, 6.07) is 24.2. The third kappa shape index (κ3) is 2.69. The lowest BCUT2D eigenvalue weighted by atomic mass is 9.92. The monoisotopic (exact) mass is 346 g/mol. The van der Waals surface area contributed by atoms with Gasteiger partial charge in [-0.3, -0.25) is 0 Å². The van der Waals surface area contributed by atoms with Crippen LogP contribution in [0, 0.1) is 0 Å². The van der Waals surface area contributed by atoms with Crippen LogP contribution in [0.15, 0.2) is 91.8 Å². The first-order valence-corrected chi connectivity index (χ1v) is 9.28. The van der Waals surface area contributed by atoms with Gasteiger partial charge in [-0.1, -0.05) is 73.3 Å². The van der Waals surface area contributed by atoms with Crippen LogP contribution >= 0.6 is 0 Å². The molecule has 128 valence electrons. The van der Waals surface area contributed by atoms with E-state index in [0.717, 1.165) is 6.54 Å². The van der Waals surface area contributed by atoms with Gasteiger partial charge in [0.1, 0.15) is 0 Å². The molecule has 0 aliphatic rings. The van der Waals surface area contributed by atoms with E-state index < -0.39 is 0 Å². The molecule has 0 N–H and O–H groups in total. The Morgan fingerprint density at radius 3 is 2.11 bits per heavy atom. The second-order valence-electron chi connectivity index (χ2n) is 6.96. The Labute approximate surface area is 158 Å². The Hall–Kier alpha value is -3.45. The lowest BCUT2D eigenvalue weighted by molar-refractivity contribution is -0.687. The molecule has 0 aliphatic heterocycles. The van der Waals surface area contributed by atoms with Crippen molar-refractivity contribution in [2.45, 2.75) is 6.54 Å². The summed E-state index contributed by atoms with van der Waals surface area (Å²) in [4.78, 5) is 0. The number of rotatable bonds is 4. The maximum atomic E-state index is 3.78. The van der Waals surface area contributed by atoms with Gasteiger partial charge >= 0.3 is 0 Å². The number of hydrogen-bond acceptors (Lipinski definition) is 0. The molecule has 4 aromatic carbocycles. The Bertz CT molecular complexity index is 1280. The van der Waals surface area contributed by atoms with E-state index in [4.69, 9.17) is 0 Å². The summed E-state index contributed by atoms with van der Waals surface area (Å²) < 4.78 is 2.11. The average Bonchev–Trinajstić information content (AvgIpc) is 2.72. The van der Waals surface area contributed by atoms with Crippen molar-refractivity contribution in [3.05, 3.63) is 103 Å². The Morgan fingerprint density at radius 2 is 1.37 bits per heavy atom. The maximum absolute atomic E-state index is 3.78. The molecule has 5 aromatic rings. The maximum Gasteiger partial charge on any atom is 0.169 e. The van der Waals surface area contributed by atoms with Gasteiger partial charge < -0.3 is 0 Å². The van der Waals surface area contributed by atoms with Crippen molar-refractivity contribution in [3.63, 3.8) is 0 Å². The summed E-state index contributed by atoms with van der Waals surface area (Å²) in [5, 5.41) is 7.96. The van der Waals surface area contributed by atoms with Crippen LogP contribution in [0.1, 0.15) is 11.1 Å². The number of aromatic nitrogens is 1. The summed E-state index contributed by atoms with van der Waals surface area (Å²) in [5.41, 5.74) is 2.45. The first kappa shape index (κ1) is 15.8. The van der Waals surface area contributed by atoms with Gasteiger partial charge in [-0.05, 0) is 49.5 Å². The average molecular weight is 346 g/mol. The predicted octanol–water partition coefficient (Wildman–Crippen LogP) is 6.23. The number of hydrogen-bond donors (Lipinski definition) is 0. The molecule has 5 rings (SSSR count). The molecule has 27 heavy (non-hydrogen) atoms. The second-order valence-corrected chi connectivity index (χ2v) is 6.96. The van der Waals surface area contributed by atoms with Crippen molar-refractivity contribution in [1.82, 2.24) is 0 Å². The van der Waals surface area contributed by atoms with Crippen LogP contribution in [0.2, 0.25) is 0 Å². The summed E-state index contributed by atoms with van der Waals surface area (Å²) >= 11 is 0. The van der Waals surface area contributed by atoms with E-state index in [0.29, 0.717) is 0 Å². The van der Waals surface area contributed by atoms with E-state index in [2.05, 4.69) is 102 Å². The molecule has 0 unspecified atom stereocenters. The highest BCUT2D eigenvalue weighted by Crippen LogP contribution is 2.36. The van der Waals surface area contributed by atoms with Crippen molar-refractivity contribution in [1.29, 1.82) is 0 Å². The second kappa shape index (κ2) is 6.37. The Kier molecular flexibility index (Phi) is 3.72.